The molecule has 0 spiro atoms. The second-order valence-corrected chi connectivity index (χ2v) is 15.4. The summed E-state index contributed by atoms with van der Waals surface area (Å²) in [7, 11) is -2.00. The van der Waals surface area contributed by atoms with Crippen molar-refractivity contribution in [3.63, 3.8) is 0 Å². The number of nitrogens with zero attached hydrogens (tertiary/aromatic N) is 1. The van der Waals surface area contributed by atoms with Crippen molar-refractivity contribution < 1.29 is 23.5 Å². The van der Waals surface area contributed by atoms with E-state index in [1.807, 2.05) is 6.92 Å². The van der Waals surface area contributed by atoms with E-state index >= 15 is 0 Å². The van der Waals surface area contributed by atoms with Crippen LogP contribution in [-0.4, -0.2) is 56.4 Å². The summed E-state index contributed by atoms with van der Waals surface area (Å²) in [5.41, 5.74) is 0.785. The first kappa shape index (κ1) is 22.6. The summed E-state index contributed by atoms with van der Waals surface area (Å²) in [5.74, 6) is -0.533. The predicted molar refractivity (Wildman–Crippen MR) is 117 cm³/mol. The highest BCUT2D eigenvalue weighted by Gasteiger charge is 2.59. The third kappa shape index (κ3) is 4.09. The highest BCUT2D eigenvalue weighted by molar-refractivity contribution is 8.04. The molecule has 0 saturated carbocycles. The van der Waals surface area contributed by atoms with Gasteiger partial charge in [-0.15, -0.1) is 0 Å². The van der Waals surface area contributed by atoms with Gasteiger partial charge in [-0.1, -0.05) is 45.2 Å². The molecule has 0 aromatic carbocycles. The molecule has 0 aliphatic carbocycles. The Labute approximate surface area is 179 Å². The monoisotopic (exact) mass is 439 g/mol. The van der Waals surface area contributed by atoms with E-state index < -0.39 is 8.32 Å². The molecule has 3 aliphatic heterocycles. The van der Waals surface area contributed by atoms with Gasteiger partial charge in [-0.25, -0.2) is 4.79 Å². The van der Waals surface area contributed by atoms with Crippen LogP contribution in [0, 0.1) is 11.8 Å². The summed E-state index contributed by atoms with van der Waals surface area (Å²) >= 11 is 1.44. The second kappa shape index (κ2) is 8.21. The Bertz CT molecular complexity index is 723. The Morgan fingerprint density at radius 3 is 2.69 bits per heavy atom. The normalized spacial score (nSPS) is 28.3. The molecule has 0 unspecified atom stereocenters. The van der Waals surface area contributed by atoms with Crippen LogP contribution in [0.5, 0.6) is 0 Å². The predicted octanol–water partition coefficient (Wildman–Crippen LogP) is 3.91. The summed E-state index contributed by atoms with van der Waals surface area (Å²) in [6.07, 6.45) is 2.17. The Morgan fingerprint density at radius 1 is 1.45 bits per heavy atom. The van der Waals surface area contributed by atoms with Crippen LogP contribution >= 0.6 is 11.8 Å². The molecule has 2 fully saturated rings. The fourth-order valence-corrected chi connectivity index (χ4v) is 6.81. The van der Waals surface area contributed by atoms with E-state index in [4.69, 9.17) is 13.9 Å². The minimum Gasteiger partial charge on any atom is -0.457 e. The zero-order chi connectivity index (χ0) is 21.6. The first-order valence-corrected chi connectivity index (χ1v) is 14.1. The number of rotatable bonds is 7. The maximum atomic E-state index is 13.2. The molecule has 3 heterocycles. The van der Waals surface area contributed by atoms with E-state index in [1.54, 1.807) is 11.0 Å². The first-order valence-electron chi connectivity index (χ1n) is 10.3. The van der Waals surface area contributed by atoms with Gasteiger partial charge in [-0.2, -0.15) is 0 Å². The molecule has 3 rings (SSSR count). The van der Waals surface area contributed by atoms with Crippen molar-refractivity contribution in [2.45, 2.75) is 63.7 Å². The van der Waals surface area contributed by atoms with Crippen LogP contribution in [0.1, 0.15) is 34.1 Å². The molecule has 8 heteroatoms. The topological polar surface area (TPSA) is 65.1 Å². The number of carbonyl (C=O) groups is 2. The maximum Gasteiger partial charge on any atom is 0.346 e. The Morgan fingerprint density at radius 2 is 2.14 bits per heavy atom. The highest BCUT2D eigenvalue weighted by atomic mass is 32.2. The summed E-state index contributed by atoms with van der Waals surface area (Å²) in [6.45, 7) is 17.9. The van der Waals surface area contributed by atoms with Gasteiger partial charge in [0.2, 0.25) is 5.91 Å². The fraction of sp³-hybridized carbons (Fsp3) is 0.714. The Hall–Kier alpha value is -1.09. The molecule has 0 bridgehead atoms. The lowest BCUT2D eigenvalue weighted by atomic mass is 9.89. The lowest BCUT2D eigenvalue weighted by Gasteiger charge is -2.49. The zero-order valence-electron chi connectivity index (χ0n) is 18.3. The van der Waals surface area contributed by atoms with Gasteiger partial charge in [0.25, 0.3) is 0 Å². The first-order chi connectivity index (χ1) is 13.5. The molecule has 2 saturated heterocycles. The summed E-state index contributed by atoms with van der Waals surface area (Å²) < 4.78 is 17.3. The molecule has 162 valence electrons. The lowest BCUT2D eigenvalue weighted by molar-refractivity contribution is -0.152. The molecule has 0 aromatic rings. The lowest BCUT2D eigenvalue weighted by Crippen LogP contribution is -2.62. The van der Waals surface area contributed by atoms with Gasteiger partial charge in [0.1, 0.15) is 16.9 Å². The van der Waals surface area contributed by atoms with Gasteiger partial charge in [0.05, 0.1) is 18.6 Å². The van der Waals surface area contributed by atoms with Gasteiger partial charge >= 0.3 is 5.97 Å². The van der Waals surface area contributed by atoms with Crippen molar-refractivity contribution >= 4 is 32.0 Å². The largest absolute Gasteiger partial charge is 0.457 e. The third-order valence-electron chi connectivity index (χ3n) is 6.44. The van der Waals surface area contributed by atoms with Crippen LogP contribution in [0.2, 0.25) is 18.1 Å². The van der Waals surface area contributed by atoms with Gasteiger partial charge < -0.3 is 18.8 Å². The number of hydrogen-bond acceptors (Lipinski definition) is 6. The average Bonchev–Trinajstić information content (AvgIpc) is 3.23. The molecule has 4 atom stereocenters. The highest BCUT2D eigenvalue weighted by Crippen LogP contribution is 2.54. The smallest absolute Gasteiger partial charge is 0.346 e. The van der Waals surface area contributed by atoms with Crippen LogP contribution in [0.4, 0.5) is 0 Å². The van der Waals surface area contributed by atoms with Crippen molar-refractivity contribution in [3.8, 4) is 0 Å². The van der Waals surface area contributed by atoms with E-state index in [0.29, 0.717) is 18.1 Å². The zero-order valence-corrected chi connectivity index (χ0v) is 20.1. The molecule has 3 aliphatic rings. The van der Waals surface area contributed by atoms with Gasteiger partial charge in [-0.3, -0.25) is 4.79 Å². The molecular weight excluding hydrogens is 406 g/mol. The van der Waals surface area contributed by atoms with Crippen LogP contribution in [0.15, 0.2) is 23.3 Å². The minimum atomic E-state index is -2.00. The number of β-lactam (4-membered cyclic amide) rings is 1. The van der Waals surface area contributed by atoms with Crippen molar-refractivity contribution in [3.05, 3.63) is 23.3 Å². The number of hydrogen-bond donors (Lipinski definition) is 0. The standard InChI is InChI=1S/C21H33NO5SSi/c1-8-10-26-20(24)17-16(14-9-11-25-12-14)22-18(23)15(19(22)28-17)13(2)27-29(6,7)21(3,4)5/h8,13-15,19H,1,9-12H2,2-7H3/t13-,14+,15-,19+/m0/s1. The SMILES string of the molecule is C=CCOC(=O)C1=C([C@@H]2CCOC2)N2C(=O)[C@H]([C@H](C)O[Si](C)(C)C(C)(C)C)[C@H]2S1. The summed E-state index contributed by atoms with van der Waals surface area (Å²) in [6, 6.07) is 0. The van der Waals surface area contributed by atoms with Gasteiger partial charge in [0, 0.05) is 18.2 Å². The van der Waals surface area contributed by atoms with E-state index in [-0.39, 0.29) is 46.8 Å². The van der Waals surface area contributed by atoms with E-state index in [9.17, 15) is 9.59 Å². The van der Waals surface area contributed by atoms with Crippen molar-refractivity contribution in [2.24, 2.45) is 11.8 Å². The molecule has 0 aromatic heterocycles. The van der Waals surface area contributed by atoms with Gasteiger partial charge in [-0.05, 0) is 31.5 Å². The molecular formula is C21H33NO5SSi. The van der Waals surface area contributed by atoms with Crippen LogP contribution < -0.4 is 0 Å². The van der Waals surface area contributed by atoms with E-state index in [1.165, 1.54) is 11.8 Å². The molecule has 1 amide bonds. The maximum absolute atomic E-state index is 13.2. The number of ether oxygens (including phenoxy) is 2. The van der Waals surface area contributed by atoms with Gasteiger partial charge in [0.15, 0.2) is 8.32 Å². The van der Waals surface area contributed by atoms with Crippen molar-refractivity contribution in [1.82, 2.24) is 4.90 Å². The second-order valence-electron chi connectivity index (χ2n) is 9.49. The summed E-state index contributed by atoms with van der Waals surface area (Å²) in [5, 5.41) is -0.0370. The molecule has 0 radical (unpaired) electrons. The van der Waals surface area contributed by atoms with Crippen LogP contribution in [0.25, 0.3) is 0 Å². The van der Waals surface area contributed by atoms with Crippen molar-refractivity contribution in [2.75, 3.05) is 19.8 Å². The Balaban J connectivity index is 1.80. The average molecular weight is 440 g/mol. The third-order valence-corrected chi connectivity index (χ3v) is 12.4. The van der Waals surface area contributed by atoms with E-state index in [2.05, 4.69) is 40.4 Å². The quantitative estimate of drug-likeness (QED) is 0.259. The van der Waals surface area contributed by atoms with Crippen LogP contribution in [0.3, 0.4) is 0 Å². The number of thioether (sulfide) groups is 1. The number of amides is 1. The number of fused-ring (bicyclic) bond motifs is 1. The molecule has 6 nitrogen and oxygen atoms in total. The van der Waals surface area contributed by atoms with E-state index in [0.717, 1.165) is 12.1 Å². The fourth-order valence-electron chi connectivity index (χ4n) is 3.79. The minimum absolute atomic E-state index is 0.0436. The number of esters is 1. The van der Waals surface area contributed by atoms with Crippen molar-refractivity contribution in [1.29, 1.82) is 0 Å². The molecule has 29 heavy (non-hydrogen) atoms. The summed E-state index contributed by atoms with van der Waals surface area (Å²) in [4.78, 5) is 28.2. The molecule has 0 N–H and O–H groups in total. The van der Waals surface area contributed by atoms with Crippen LogP contribution in [-0.2, 0) is 23.5 Å². The number of carbonyl (C=O) groups excluding carboxylic acids is 2. The Kier molecular flexibility index (Phi) is 6.39.